The zero-order valence-electron chi connectivity index (χ0n) is 44.8. The molecular weight excluding hydrogens is 1030 g/mol. The van der Waals surface area contributed by atoms with E-state index < -0.39 is 0 Å². The first-order chi connectivity index (χ1) is 34.7. The number of isothiocyanates is 1. The third-order valence-electron chi connectivity index (χ3n) is 7.31. The highest BCUT2D eigenvalue weighted by Gasteiger charge is 2.00. The molecule has 0 aliphatic heterocycles. The maximum Gasteiger partial charge on any atom is 0.302 e. The van der Waals surface area contributed by atoms with Gasteiger partial charge in [0.05, 0.1) is 64.9 Å². The van der Waals surface area contributed by atoms with E-state index in [2.05, 4.69) is 84.2 Å². The highest BCUT2D eigenvalue weighted by Crippen LogP contribution is 2.14. The van der Waals surface area contributed by atoms with Crippen LogP contribution in [-0.4, -0.2) is 117 Å². The van der Waals surface area contributed by atoms with Gasteiger partial charge in [-0.3, -0.25) is 19.2 Å². The number of anilines is 5. The Morgan fingerprint density at radius 1 is 0.654 bits per heavy atom. The average molecular weight is 1130 g/mol. The molecule has 0 unspecified atom stereocenters. The van der Waals surface area contributed by atoms with Crippen molar-refractivity contribution in [3.05, 3.63) is 103 Å². The number of amides is 1. The van der Waals surface area contributed by atoms with E-state index in [1.54, 1.807) is 19.2 Å². The number of aromatic nitrogens is 4. The minimum absolute atomic E-state index is 0. The molecule has 0 aliphatic rings. The fourth-order valence-corrected chi connectivity index (χ4v) is 4.01. The molecule has 0 atom stereocenters. The van der Waals surface area contributed by atoms with Gasteiger partial charge in [0.25, 0.3) is 0 Å². The van der Waals surface area contributed by atoms with Gasteiger partial charge >= 0.3 is 17.9 Å². The second kappa shape index (κ2) is 66.9. The van der Waals surface area contributed by atoms with Crippen molar-refractivity contribution in [3.8, 4) is 12.8 Å². The Bertz CT molecular complexity index is 2290. The first-order valence-electron chi connectivity index (χ1n) is 22.0. The third-order valence-corrected chi connectivity index (χ3v) is 7.84. The number of imidazole rings is 2. The van der Waals surface area contributed by atoms with E-state index in [0.717, 1.165) is 69.7 Å². The summed E-state index contributed by atoms with van der Waals surface area (Å²) in [6, 6.07) is 30.9. The maximum atomic E-state index is 9.93. The Labute approximate surface area is 481 Å². The Balaban J connectivity index is -0.0000000731. The van der Waals surface area contributed by atoms with Crippen molar-refractivity contribution in [2.45, 2.75) is 92.5 Å². The highest BCUT2D eigenvalue weighted by atomic mass is 32.1. The second-order valence-electron chi connectivity index (χ2n) is 12.8. The van der Waals surface area contributed by atoms with Crippen LogP contribution in [0.1, 0.15) is 93.0 Å². The normalized spacial score (nSPS) is 7.73. The van der Waals surface area contributed by atoms with Crippen LogP contribution >= 0.6 is 24.4 Å². The van der Waals surface area contributed by atoms with Crippen LogP contribution < -0.4 is 44.2 Å². The van der Waals surface area contributed by atoms with Crippen molar-refractivity contribution >= 4 is 109 Å². The number of carbonyl (C=O) groups is 4. The molecule has 0 saturated heterocycles. The molecule has 1 amide bonds. The fraction of sp³-hybridized carbons (Fsp3) is 0.393. The largest absolute Gasteiger partial charge is 0.469 e. The number of methoxy groups -OCH3 is 3. The van der Waals surface area contributed by atoms with Crippen molar-refractivity contribution in [1.29, 1.82) is 0 Å². The lowest BCUT2D eigenvalue weighted by molar-refractivity contribution is -0.138. The summed E-state index contributed by atoms with van der Waals surface area (Å²) in [5.74, 6) is 0.926. The van der Waals surface area contributed by atoms with Crippen molar-refractivity contribution in [3.63, 3.8) is 0 Å². The number of aliphatic imine (C=N–C) groups is 1. The molecule has 78 heavy (non-hydrogen) atoms. The topological polar surface area (TPSA) is 318 Å². The molecule has 0 aliphatic carbocycles. The van der Waals surface area contributed by atoms with Gasteiger partial charge in [-0.05, 0) is 73.7 Å². The van der Waals surface area contributed by atoms with E-state index in [0.29, 0.717) is 11.4 Å². The molecule has 444 valence electrons. The van der Waals surface area contributed by atoms with Crippen LogP contribution in [0.25, 0.3) is 22.1 Å². The van der Waals surface area contributed by atoms with Crippen LogP contribution in [0.15, 0.2) is 102 Å². The van der Waals surface area contributed by atoms with E-state index >= 15 is 0 Å². The van der Waals surface area contributed by atoms with Gasteiger partial charge in [-0.2, -0.15) is 0 Å². The first kappa shape index (κ1) is 92.5. The van der Waals surface area contributed by atoms with Crippen molar-refractivity contribution < 1.29 is 34.8 Å². The number of rotatable bonds is 5. The van der Waals surface area contributed by atoms with E-state index in [1.807, 2.05) is 120 Å². The number of thiocarbonyl (C=S) groups is 2. The van der Waals surface area contributed by atoms with Gasteiger partial charge in [0.1, 0.15) is 1.37 Å². The summed E-state index contributed by atoms with van der Waals surface area (Å²) in [4.78, 5) is 57.6. The number of hydrogen-bond acceptors (Lipinski definition) is 18. The predicted molar refractivity (Wildman–Crippen MR) is 346 cm³/mol. The molecule has 0 fully saturated rings. The van der Waals surface area contributed by atoms with Crippen LogP contribution in [0, 0.1) is 12.8 Å². The van der Waals surface area contributed by atoms with Gasteiger partial charge in [0, 0.05) is 74.5 Å². The quantitative estimate of drug-likeness (QED) is 0.0191. The zero-order chi connectivity index (χ0) is 57.0. The average Bonchev–Trinajstić information content (AvgIpc) is 4.02. The smallest absolute Gasteiger partial charge is 0.302 e. The summed E-state index contributed by atoms with van der Waals surface area (Å²) < 4.78 is 18.1. The molecule has 14 N–H and O–H groups in total. The van der Waals surface area contributed by atoms with E-state index in [-0.39, 0.29) is 68.4 Å². The van der Waals surface area contributed by atoms with E-state index in [4.69, 9.17) is 36.5 Å². The summed E-state index contributed by atoms with van der Waals surface area (Å²) in [6.45, 7) is 10.9. The lowest BCUT2D eigenvalue weighted by atomic mass is 10.1. The molecule has 20 nitrogen and oxygen atoms in total. The lowest BCUT2D eigenvalue weighted by Gasteiger charge is -2.05. The molecular formula is C56H101N13O7S2. The van der Waals surface area contributed by atoms with Crippen LogP contribution in [-0.2, 0) is 39.8 Å². The fourth-order valence-electron chi connectivity index (χ4n) is 3.86. The molecule has 6 aromatic rings. The summed E-state index contributed by atoms with van der Waals surface area (Å²) in [6.07, 6.45) is 6.48. The first-order valence-corrected chi connectivity index (χ1v) is 22.3. The monoisotopic (exact) mass is 1130 g/mol. The number of terminal acetylenes is 1. The van der Waals surface area contributed by atoms with E-state index in [9.17, 15) is 19.2 Å². The van der Waals surface area contributed by atoms with Crippen molar-refractivity contribution in [2.75, 3.05) is 90.4 Å². The number of nitrogens with one attached hydrogen (secondary N) is 6. The number of aromatic amines is 2. The number of benzene rings is 4. The number of H-pyrrole nitrogens is 2. The van der Waals surface area contributed by atoms with Gasteiger partial charge in [0.15, 0.2) is 0 Å². The van der Waals surface area contributed by atoms with E-state index in [1.165, 1.54) is 55.4 Å². The number of nitrogens with zero attached hydrogens (tertiary/aromatic N) is 3. The summed E-state index contributed by atoms with van der Waals surface area (Å²) in [5, 5.41) is 13.5. The Hall–Kier alpha value is -8.09. The number of ether oxygens (including phenoxy) is 3. The molecule has 4 aromatic carbocycles. The second-order valence-corrected chi connectivity index (χ2v) is 13.5. The number of carbonyl (C=O) groups excluding carboxylic acids is 4. The number of nitrogen functional groups attached to an aromatic ring is 3. The predicted octanol–water partition coefficient (Wildman–Crippen LogP) is 10.8. The minimum Gasteiger partial charge on any atom is -0.469 e. The Morgan fingerprint density at radius 2 is 0.936 bits per heavy atom. The van der Waals surface area contributed by atoms with Gasteiger partial charge in [0.2, 0.25) is 17.8 Å². The number of esters is 3. The summed E-state index contributed by atoms with van der Waals surface area (Å²) in [5.41, 5.74) is 28.7. The van der Waals surface area contributed by atoms with Gasteiger partial charge in [-0.1, -0.05) is 118 Å². The van der Waals surface area contributed by atoms with Crippen molar-refractivity contribution in [1.82, 2.24) is 30.6 Å². The Morgan fingerprint density at radius 3 is 1.14 bits per heavy atom. The number of para-hydroxylation sites is 7. The summed E-state index contributed by atoms with van der Waals surface area (Å²) in [7, 11) is 11.1. The van der Waals surface area contributed by atoms with Crippen molar-refractivity contribution in [2.24, 2.45) is 10.7 Å². The minimum atomic E-state index is -0.245. The zero-order valence-corrected chi connectivity index (χ0v) is 45.4. The SMILES string of the molecule is C.C.C.C.C.C.CCN.CCNC(C)=O.CN=C=S.CNC(=S)Cc1ccccc1N.CNc1nc2ccccc2[nH]1.CNc1nc2ccccc2[nH]1.COC(C)=O.COC(C)=O.COC(C)=O.Nc1ccccc1N.[2H]C#C. The molecule has 0 spiro atoms. The van der Waals surface area contributed by atoms with Crippen LogP contribution in [0.4, 0.5) is 29.0 Å². The molecule has 2 heterocycles. The highest BCUT2D eigenvalue weighted by molar-refractivity contribution is 7.80. The molecule has 2 aromatic heterocycles. The number of hydrogen-bond donors (Lipinski definition) is 10. The maximum absolute atomic E-state index is 9.93. The third kappa shape index (κ3) is 58.8. The number of likely N-dealkylation sites (N-methyl/N-ethyl adjacent to an activating group) is 1. The Kier molecular flexibility index (Phi) is 79.4. The van der Waals surface area contributed by atoms with Crippen LogP contribution in [0.5, 0.6) is 0 Å². The molecule has 6 rings (SSSR count). The van der Waals surface area contributed by atoms with Gasteiger partial charge in [-0.25, -0.2) is 15.0 Å². The molecule has 0 saturated carbocycles. The van der Waals surface area contributed by atoms with Gasteiger partial charge in [-0.15, -0.1) is 12.8 Å². The molecule has 0 radical (unpaired) electrons. The standard InChI is InChI=1S/C9H12N2S.2C8H9N3.C6H8N2.C4H9NO.3C3H6O2.C2H3NS.C2H7N.C2H2.6CH4/c1-11-9(12)6-7-4-2-3-5-8(7)10;2*1-9-8-10-6-4-2-3-5-7(6)11-8;7-5-3-1-2-4-6(5)8;1-3-5-4(2)6;3*1-3(4)5-2;1-3-2-4;1-2-3;1-2;;;;;;/h2-5H,6,10H2,1H3,(H,11,12);2*2-5H,1H3,(H2,9,10,11);1-4H,7-8H2;3H2,1-2H3,(H,5,6);3*1-2H3;1H3;2-3H2,1H3;1-2H;6*1H4/i;;;;;;;;;;1D;;;;;;. The summed E-state index contributed by atoms with van der Waals surface area (Å²) >= 11 is 9.17. The molecule has 0 bridgehead atoms. The van der Waals surface area contributed by atoms with Crippen LogP contribution in [0.2, 0.25) is 0 Å². The van der Waals surface area contributed by atoms with Crippen LogP contribution in [0.3, 0.4) is 0 Å². The number of nitrogens with two attached hydrogens (primary N) is 4. The number of fused-ring (bicyclic) bond motifs is 2. The molecule has 22 heteroatoms. The van der Waals surface area contributed by atoms with Gasteiger partial charge < -0.3 is 68.4 Å². The lowest BCUT2D eigenvalue weighted by Crippen LogP contribution is -2.18.